The summed E-state index contributed by atoms with van der Waals surface area (Å²) < 4.78 is 5.30. The first kappa shape index (κ1) is 20.4. The standard InChI is InChI=1S/C28H25NO2/c1-31-25-19-17-24(18-20-25)27(23-15-9-4-10-16-23)29-28(30)26(21-11-5-2-6-12-21)22-13-7-3-8-14-22/h2-20,26-27H,1H3,(H,29,30). The van der Waals surface area contributed by atoms with E-state index in [0.717, 1.165) is 28.0 Å². The lowest BCUT2D eigenvalue weighted by Gasteiger charge is -2.24. The molecule has 0 radical (unpaired) electrons. The van der Waals surface area contributed by atoms with E-state index in [9.17, 15) is 4.79 Å². The maximum absolute atomic E-state index is 13.7. The van der Waals surface area contributed by atoms with E-state index < -0.39 is 5.92 Å². The van der Waals surface area contributed by atoms with Crippen LogP contribution in [0.2, 0.25) is 0 Å². The van der Waals surface area contributed by atoms with Crippen LogP contribution in [0.15, 0.2) is 115 Å². The van der Waals surface area contributed by atoms with Crippen molar-refractivity contribution in [2.75, 3.05) is 7.11 Å². The Labute approximate surface area is 183 Å². The highest BCUT2D eigenvalue weighted by Crippen LogP contribution is 2.29. The molecule has 0 saturated carbocycles. The molecule has 31 heavy (non-hydrogen) atoms. The van der Waals surface area contributed by atoms with Gasteiger partial charge in [0.15, 0.2) is 0 Å². The third-order valence-electron chi connectivity index (χ3n) is 5.40. The molecule has 4 rings (SSSR count). The van der Waals surface area contributed by atoms with Crippen molar-refractivity contribution >= 4 is 5.91 Å². The van der Waals surface area contributed by atoms with Gasteiger partial charge in [0, 0.05) is 0 Å². The lowest BCUT2D eigenvalue weighted by molar-refractivity contribution is -0.122. The van der Waals surface area contributed by atoms with Gasteiger partial charge in [-0.2, -0.15) is 0 Å². The Morgan fingerprint density at radius 2 is 1.03 bits per heavy atom. The van der Waals surface area contributed by atoms with E-state index in [1.807, 2.05) is 115 Å². The maximum atomic E-state index is 13.7. The quantitative estimate of drug-likeness (QED) is 0.425. The van der Waals surface area contributed by atoms with Crippen molar-refractivity contribution in [1.82, 2.24) is 5.32 Å². The number of ether oxygens (including phenoxy) is 1. The minimum Gasteiger partial charge on any atom is -0.497 e. The molecule has 0 spiro atoms. The third kappa shape index (κ3) is 4.84. The first-order chi connectivity index (χ1) is 15.3. The SMILES string of the molecule is COc1ccc(C(NC(=O)C(c2ccccc2)c2ccccc2)c2ccccc2)cc1. The summed E-state index contributed by atoms with van der Waals surface area (Å²) in [7, 11) is 1.65. The molecule has 0 heterocycles. The average Bonchev–Trinajstić information content (AvgIpc) is 2.85. The van der Waals surface area contributed by atoms with Gasteiger partial charge in [0.25, 0.3) is 0 Å². The summed E-state index contributed by atoms with van der Waals surface area (Å²) in [4.78, 5) is 13.7. The van der Waals surface area contributed by atoms with Gasteiger partial charge >= 0.3 is 0 Å². The molecule has 0 aliphatic heterocycles. The summed E-state index contributed by atoms with van der Waals surface area (Å²) in [5.74, 6) is 0.349. The molecule has 0 aliphatic carbocycles. The van der Waals surface area contributed by atoms with E-state index in [1.165, 1.54) is 0 Å². The second-order valence-corrected chi connectivity index (χ2v) is 7.38. The van der Waals surface area contributed by atoms with Gasteiger partial charge in [-0.05, 0) is 34.4 Å². The van der Waals surface area contributed by atoms with Crippen LogP contribution in [0.1, 0.15) is 34.2 Å². The molecule has 1 N–H and O–H groups in total. The Hall–Kier alpha value is -3.85. The van der Waals surface area contributed by atoms with Crippen molar-refractivity contribution < 1.29 is 9.53 Å². The van der Waals surface area contributed by atoms with E-state index in [0.29, 0.717) is 0 Å². The monoisotopic (exact) mass is 407 g/mol. The Kier molecular flexibility index (Phi) is 6.44. The van der Waals surface area contributed by atoms with Crippen LogP contribution in [0.25, 0.3) is 0 Å². The number of methoxy groups -OCH3 is 1. The van der Waals surface area contributed by atoms with Crippen molar-refractivity contribution in [2.24, 2.45) is 0 Å². The van der Waals surface area contributed by atoms with Gasteiger partial charge in [-0.15, -0.1) is 0 Å². The van der Waals surface area contributed by atoms with Crippen molar-refractivity contribution in [2.45, 2.75) is 12.0 Å². The Balaban J connectivity index is 1.71. The number of amides is 1. The maximum Gasteiger partial charge on any atom is 0.232 e. The average molecular weight is 408 g/mol. The lowest BCUT2D eigenvalue weighted by atomic mass is 9.89. The minimum absolute atomic E-state index is 0.0397. The van der Waals surface area contributed by atoms with Crippen LogP contribution < -0.4 is 10.1 Å². The molecule has 0 bridgehead atoms. The number of benzene rings is 4. The van der Waals surface area contributed by atoms with Gasteiger partial charge in [0.1, 0.15) is 5.75 Å². The predicted molar refractivity (Wildman–Crippen MR) is 124 cm³/mol. The normalized spacial score (nSPS) is 11.7. The van der Waals surface area contributed by atoms with Crippen LogP contribution in [0.5, 0.6) is 5.75 Å². The van der Waals surface area contributed by atoms with Crippen LogP contribution in [0.4, 0.5) is 0 Å². The van der Waals surface area contributed by atoms with Crippen LogP contribution >= 0.6 is 0 Å². The van der Waals surface area contributed by atoms with Crippen molar-refractivity contribution in [3.8, 4) is 5.75 Å². The summed E-state index contributed by atoms with van der Waals surface area (Å²) in [6, 6.07) is 37.4. The zero-order valence-corrected chi connectivity index (χ0v) is 17.4. The fourth-order valence-electron chi connectivity index (χ4n) is 3.81. The van der Waals surface area contributed by atoms with Gasteiger partial charge in [-0.3, -0.25) is 4.79 Å². The second kappa shape index (κ2) is 9.77. The van der Waals surface area contributed by atoms with Gasteiger partial charge < -0.3 is 10.1 Å². The molecule has 3 heteroatoms. The van der Waals surface area contributed by atoms with Gasteiger partial charge in [0.2, 0.25) is 5.91 Å². The van der Waals surface area contributed by atoms with Gasteiger partial charge in [0.05, 0.1) is 19.1 Å². The van der Waals surface area contributed by atoms with Crippen molar-refractivity contribution in [3.05, 3.63) is 138 Å². The lowest BCUT2D eigenvalue weighted by Crippen LogP contribution is -2.34. The molecule has 1 atom stereocenters. The molecular formula is C28H25NO2. The molecule has 0 aliphatic rings. The number of carbonyl (C=O) groups is 1. The number of nitrogens with one attached hydrogen (secondary N) is 1. The molecule has 4 aromatic carbocycles. The van der Waals surface area contributed by atoms with Gasteiger partial charge in [-0.1, -0.05) is 103 Å². The Morgan fingerprint density at radius 1 is 0.613 bits per heavy atom. The van der Waals surface area contributed by atoms with E-state index in [4.69, 9.17) is 4.74 Å². The summed E-state index contributed by atoms with van der Waals surface area (Å²) in [5.41, 5.74) is 3.96. The highest BCUT2D eigenvalue weighted by Gasteiger charge is 2.26. The molecule has 1 unspecified atom stereocenters. The summed E-state index contributed by atoms with van der Waals surface area (Å²) in [6.45, 7) is 0. The number of hydrogen-bond donors (Lipinski definition) is 1. The molecule has 0 saturated heterocycles. The van der Waals surface area contributed by atoms with Crippen LogP contribution in [-0.2, 0) is 4.79 Å². The fourth-order valence-corrected chi connectivity index (χ4v) is 3.81. The van der Waals surface area contributed by atoms with E-state index in [1.54, 1.807) is 7.11 Å². The van der Waals surface area contributed by atoms with E-state index in [-0.39, 0.29) is 11.9 Å². The molecule has 0 fully saturated rings. The highest BCUT2D eigenvalue weighted by atomic mass is 16.5. The Bertz CT molecular complexity index is 1050. The summed E-state index contributed by atoms with van der Waals surface area (Å²) >= 11 is 0. The fraction of sp³-hybridized carbons (Fsp3) is 0.107. The Morgan fingerprint density at radius 3 is 1.48 bits per heavy atom. The first-order valence-electron chi connectivity index (χ1n) is 10.4. The number of hydrogen-bond acceptors (Lipinski definition) is 2. The summed E-state index contributed by atoms with van der Waals surface area (Å²) in [6.07, 6.45) is 0. The molecule has 4 aromatic rings. The van der Waals surface area contributed by atoms with Crippen LogP contribution in [0, 0.1) is 0 Å². The summed E-state index contributed by atoms with van der Waals surface area (Å²) in [5, 5.41) is 3.30. The largest absolute Gasteiger partial charge is 0.497 e. The zero-order valence-electron chi connectivity index (χ0n) is 17.4. The second-order valence-electron chi connectivity index (χ2n) is 7.38. The minimum atomic E-state index is -0.396. The van der Waals surface area contributed by atoms with E-state index in [2.05, 4.69) is 5.32 Å². The molecular weight excluding hydrogens is 382 g/mol. The topological polar surface area (TPSA) is 38.3 Å². The highest BCUT2D eigenvalue weighted by molar-refractivity contribution is 5.87. The number of rotatable bonds is 7. The third-order valence-corrected chi connectivity index (χ3v) is 5.40. The van der Waals surface area contributed by atoms with E-state index >= 15 is 0 Å². The first-order valence-corrected chi connectivity index (χ1v) is 10.4. The molecule has 3 nitrogen and oxygen atoms in total. The molecule has 154 valence electrons. The predicted octanol–water partition coefficient (Wildman–Crippen LogP) is 5.73. The molecule has 0 aromatic heterocycles. The smallest absolute Gasteiger partial charge is 0.232 e. The van der Waals surface area contributed by atoms with Crippen molar-refractivity contribution in [1.29, 1.82) is 0 Å². The van der Waals surface area contributed by atoms with Crippen LogP contribution in [0.3, 0.4) is 0 Å². The molecule has 1 amide bonds. The van der Waals surface area contributed by atoms with Crippen molar-refractivity contribution in [3.63, 3.8) is 0 Å². The van der Waals surface area contributed by atoms with Crippen LogP contribution in [-0.4, -0.2) is 13.0 Å². The zero-order chi connectivity index (χ0) is 21.5. The van der Waals surface area contributed by atoms with Gasteiger partial charge in [-0.25, -0.2) is 0 Å². The number of carbonyl (C=O) groups excluding carboxylic acids is 1.